The fourth-order valence-corrected chi connectivity index (χ4v) is 2.63. The number of carbonyl (C=O) groups is 1. The second-order valence-corrected chi connectivity index (χ2v) is 4.96. The van der Waals surface area contributed by atoms with E-state index in [4.69, 9.17) is 16.3 Å². The SMILES string of the molecule is CC1COCCN1c1cc2c(c(Cl)n1)CNC2=O. The number of hydrogen-bond acceptors (Lipinski definition) is 4. The molecular formula is C12H14ClN3O2. The number of nitrogens with zero attached hydrogens (tertiary/aromatic N) is 2. The third-order valence-corrected chi connectivity index (χ3v) is 3.71. The van der Waals surface area contributed by atoms with Gasteiger partial charge in [-0.2, -0.15) is 0 Å². The van der Waals surface area contributed by atoms with Gasteiger partial charge in [-0.15, -0.1) is 0 Å². The number of aromatic nitrogens is 1. The van der Waals surface area contributed by atoms with Gasteiger partial charge in [-0.1, -0.05) is 11.6 Å². The molecule has 1 atom stereocenters. The number of morpholine rings is 1. The smallest absolute Gasteiger partial charge is 0.252 e. The fourth-order valence-electron chi connectivity index (χ4n) is 2.38. The van der Waals surface area contributed by atoms with Crippen molar-refractivity contribution >= 4 is 23.3 Å². The lowest BCUT2D eigenvalue weighted by atomic mass is 10.1. The third kappa shape index (κ3) is 1.83. The summed E-state index contributed by atoms with van der Waals surface area (Å²) in [4.78, 5) is 18.2. The molecule has 1 amide bonds. The standard InChI is InChI=1S/C12H14ClN3O2/c1-7-6-18-3-2-16(7)10-4-8-9(11(13)15-10)5-14-12(8)17/h4,7H,2-3,5-6H2,1H3,(H,14,17). The molecule has 96 valence electrons. The van der Waals surface area contributed by atoms with Crippen molar-refractivity contribution in [3.8, 4) is 0 Å². The maximum atomic E-state index is 11.7. The monoisotopic (exact) mass is 267 g/mol. The van der Waals surface area contributed by atoms with Gasteiger partial charge in [0.2, 0.25) is 0 Å². The van der Waals surface area contributed by atoms with E-state index >= 15 is 0 Å². The molecule has 1 unspecified atom stereocenters. The van der Waals surface area contributed by atoms with Crippen LogP contribution in [0.4, 0.5) is 5.82 Å². The second-order valence-electron chi connectivity index (χ2n) is 4.60. The summed E-state index contributed by atoms with van der Waals surface area (Å²) in [6.07, 6.45) is 0. The summed E-state index contributed by atoms with van der Waals surface area (Å²) in [5.41, 5.74) is 1.44. The zero-order chi connectivity index (χ0) is 12.7. The average molecular weight is 268 g/mol. The molecule has 1 aromatic rings. The van der Waals surface area contributed by atoms with E-state index in [1.54, 1.807) is 0 Å². The Kier molecular flexibility index (Phi) is 2.87. The highest BCUT2D eigenvalue weighted by atomic mass is 35.5. The molecule has 0 bridgehead atoms. The van der Waals surface area contributed by atoms with Crippen LogP contribution in [0.15, 0.2) is 6.07 Å². The minimum absolute atomic E-state index is 0.0727. The Morgan fingerprint density at radius 2 is 2.44 bits per heavy atom. The van der Waals surface area contributed by atoms with Crippen molar-refractivity contribution < 1.29 is 9.53 Å². The van der Waals surface area contributed by atoms with Gasteiger partial charge in [0.1, 0.15) is 11.0 Å². The Bertz CT molecular complexity index is 506. The molecule has 0 radical (unpaired) electrons. The zero-order valence-electron chi connectivity index (χ0n) is 10.1. The van der Waals surface area contributed by atoms with Gasteiger partial charge in [-0.25, -0.2) is 4.98 Å². The summed E-state index contributed by atoms with van der Waals surface area (Å²) in [6.45, 7) is 4.65. The highest BCUT2D eigenvalue weighted by molar-refractivity contribution is 6.31. The topological polar surface area (TPSA) is 54.5 Å². The van der Waals surface area contributed by atoms with Gasteiger partial charge in [0.25, 0.3) is 5.91 Å². The van der Waals surface area contributed by atoms with Gasteiger partial charge in [0, 0.05) is 18.7 Å². The molecular weight excluding hydrogens is 254 g/mol. The van der Waals surface area contributed by atoms with E-state index in [0.717, 1.165) is 17.9 Å². The molecule has 0 aromatic carbocycles. The summed E-state index contributed by atoms with van der Waals surface area (Å²) in [7, 11) is 0. The van der Waals surface area contributed by atoms with E-state index in [1.807, 2.05) is 6.07 Å². The Labute approximate surface area is 110 Å². The molecule has 1 saturated heterocycles. The number of carbonyl (C=O) groups excluding carboxylic acids is 1. The molecule has 18 heavy (non-hydrogen) atoms. The Morgan fingerprint density at radius 3 is 3.22 bits per heavy atom. The molecule has 0 spiro atoms. The lowest BCUT2D eigenvalue weighted by Crippen LogP contribution is -2.44. The molecule has 1 fully saturated rings. The molecule has 5 nitrogen and oxygen atoms in total. The van der Waals surface area contributed by atoms with Gasteiger partial charge in [0.05, 0.1) is 24.8 Å². The van der Waals surface area contributed by atoms with Crippen LogP contribution >= 0.6 is 11.6 Å². The van der Waals surface area contributed by atoms with E-state index in [2.05, 4.69) is 22.1 Å². The van der Waals surface area contributed by atoms with Gasteiger partial charge in [0.15, 0.2) is 0 Å². The van der Waals surface area contributed by atoms with E-state index in [9.17, 15) is 4.79 Å². The first-order valence-corrected chi connectivity index (χ1v) is 6.36. The zero-order valence-corrected chi connectivity index (χ0v) is 10.8. The van der Waals surface area contributed by atoms with Crippen LogP contribution in [0.5, 0.6) is 0 Å². The molecule has 3 heterocycles. The van der Waals surface area contributed by atoms with Crippen molar-refractivity contribution in [2.45, 2.75) is 19.5 Å². The van der Waals surface area contributed by atoms with Crippen LogP contribution in [0.2, 0.25) is 5.15 Å². The maximum Gasteiger partial charge on any atom is 0.252 e. The van der Waals surface area contributed by atoms with Crippen molar-refractivity contribution in [3.05, 3.63) is 22.3 Å². The summed E-state index contributed by atoms with van der Waals surface area (Å²) >= 11 is 6.15. The minimum atomic E-state index is -0.0727. The predicted molar refractivity (Wildman–Crippen MR) is 68.0 cm³/mol. The summed E-state index contributed by atoms with van der Waals surface area (Å²) < 4.78 is 5.40. The van der Waals surface area contributed by atoms with Crippen molar-refractivity contribution in [2.24, 2.45) is 0 Å². The molecule has 1 N–H and O–H groups in total. The normalized spacial score (nSPS) is 22.9. The number of ether oxygens (including phenoxy) is 1. The second kappa shape index (κ2) is 4.40. The lowest BCUT2D eigenvalue weighted by molar-refractivity contribution is 0.0965. The Morgan fingerprint density at radius 1 is 1.61 bits per heavy atom. The van der Waals surface area contributed by atoms with Crippen molar-refractivity contribution in [1.82, 2.24) is 10.3 Å². The largest absolute Gasteiger partial charge is 0.377 e. The van der Waals surface area contributed by atoms with Crippen LogP contribution in [0.25, 0.3) is 0 Å². The van der Waals surface area contributed by atoms with E-state index in [1.165, 1.54) is 0 Å². The number of pyridine rings is 1. The van der Waals surface area contributed by atoms with Crippen LogP contribution in [-0.2, 0) is 11.3 Å². The van der Waals surface area contributed by atoms with Gasteiger partial charge in [-0.3, -0.25) is 4.79 Å². The number of anilines is 1. The van der Waals surface area contributed by atoms with E-state index in [0.29, 0.717) is 30.5 Å². The predicted octanol–water partition coefficient (Wildman–Crippen LogP) is 1.20. The number of hydrogen-bond donors (Lipinski definition) is 1. The minimum Gasteiger partial charge on any atom is -0.377 e. The van der Waals surface area contributed by atoms with Crippen molar-refractivity contribution in [3.63, 3.8) is 0 Å². The van der Waals surface area contributed by atoms with E-state index < -0.39 is 0 Å². The summed E-state index contributed by atoms with van der Waals surface area (Å²) in [5, 5.41) is 3.18. The molecule has 1 aromatic heterocycles. The van der Waals surface area contributed by atoms with Gasteiger partial charge >= 0.3 is 0 Å². The third-order valence-electron chi connectivity index (χ3n) is 3.39. The first kappa shape index (κ1) is 11.7. The summed E-state index contributed by atoms with van der Waals surface area (Å²) in [5.74, 6) is 0.683. The molecule has 0 aliphatic carbocycles. The molecule has 3 rings (SSSR count). The van der Waals surface area contributed by atoms with Gasteiger partial charge in [-0.05, 0) is 13.0 Å². The Hall–Kier alpha value is -1.33. The van der Waals surface area contributed by atoms with Crippen LogP contribution in [0.1, 0.15) is 22.8 Å². The van der Waals surface area contributed by atoms with Crippen LogP contribution < -0.4 is 10.2 Å². The fraction of sp³-hybridized carbons (Fsp3) is 0.500. The average Bonchev–Trinajstić information content (AvgIpc) is 2.72. The summed E-state index contributed by atoms with van der Waals surface area (Å²) in [6, 6.07) is 2.07. The first-order chi connectivity index (χ1) is 8.66. The first-order valence-electron chi connectivity index (χ1n) is 5.99. The molecule has 2 aliphatic heterocycles. The molecule has 0 saturated carbocycles. The van der Waals surface area contributed by atoms with Crippen LogP contribution in [-0.4, -0.2) is 36.7 Å². The lowest BCUT2D eigenvalue weighted by Gasteiger charge is -2.34. The maximum absolute atomic E-state index is 11.7. The van der Waals surface area contributed by atoms with Crippen LogP contribution in [0, 0.1) is 0 Å². The highest BCUT2D eigenvalue weighted by Gasteiger charge is 2.27. The number of nitrogens with one attached hydrogen (secondary N) is 1. The molecule has 2 aliphatic rings. The van der Waals surface area contributed by atoms with Gasteiger partial charge < -0.3 is 15.0 Å². The highest BCUT2D eigenvalue weighted by Crippen LogP contribution is 2.28. The number of rotatable bonds is 1. The van der Waals surface area contributed by atoms with Crippen molar-refractivity contribution in [1.29, 1.82) is 0 Å². The number of amides is 1. The quantitative estimate of drug-likeness (QED) is 0.777. The van der Waals surface area contributed by atoms with Crippen molar-refractivity contribution in [2.75, 3.05) is 24.7 Å². The number of halogens is 1. The van der Waals surface area contributed by atoms with Crippen LogP contribution in [0.3, 0.4) is 0 Å². The Balaban J connectivity index is 2.00. The molecule has 6 heteroatoms. The van der Waals surface area contributed by atoms with E-state index in [-0.39, 0.29) is 11.9 Å². The number of fused-ring (bicyclic) bond motifs is 1.